The fourth-order valence-corrected chi connectivity index (χ4v) is 2.07. The van der Waals surface area contributed by atoms with Crippen LogP contribution in [0.2, 0.25) is 0 Å². The van der Waals surface area contributed by atoms with Gasteiger partial charge in [0.1, 0.15) is 5.75 Å². The fraction of sp³-hybridized carbons (Fsp3) is 0.0526. The predicted molar refractivity (Wildman–Crippen MR) is 85.8 cm³/mol. The molecule has 22 heavy (non-hydrogen) atoms. The molecule has 0 saturated carbocycles. The largest absolute Gasteiger partial charge is 0.423 e. The number of hydrogen-bond acceptors (Lipinski definition) is 3. The van der Waals surface area contributed by atoms with Crippen LogP contribution < -0.4 is 4.74 Å². The number of carbonyl (C=O) groups is 1. The lowest BCUT2D eigenvalue weighted by atomic mass is 10.1. The smallest absolute Gasteiger partial charge is 0.343 e. The molecule has 0 aliphatic heterocycles. The summed E-state index contributed by atoms with van der Waals surface area (Å²) >= 11 is 0. The number of ether oxygens (including phenoxy) is 1. The average molecular weight is 289 g/mol. The van der Waals surface area contributed by atoms with Gasteiger partial charge < -0.3 is 4.74 Å². The van der Waals surface area contributed by atoms with Crippen molar-refractivity contribution in [1.29, 1.82) is 0 Å². The van der Waals surface area contributed by atoms with Crippen LogP contribution in [0, 0.1) is 6.92 Å². The van der Waals surface area contributed by atoms with Gasteiger partial charge >= 0.3 is 5.97 Å². The molecule has 0 aliphatic carbocycles. The van der Waals surface area contributed by atoms with Crippen LogP contribution in [0.1, 0.15) is 15.9 Å². The van der Waals surface area contributed by atoms with Gasteiger partial charge in [0, 0.05) is 11.8 Å². The maximum atomic E-state index is 12.0. The van der Waals surface area contributed by atoms with E-state index in [0.29, 0.717) is 11.3 Å². The van der Waals surface area contributed by atoms with Gasteiger partial charge in [-0.2, -0.15) is 0 Å². The number of carbonyl (C=O) groups excluding carboxylic acids is 1. The topological polar surface area (TPSA) is 39.2 Å². The number of benzene rings is 2. The molecule has 0 aliphatic rings. The highest BCUT2D eigenvalue weighted by Gasteiger charge is 2.08. The highest BCUT2D eigenvalue weighted by molar-refractivity contribution is 5.91. The molecule has 3 nitrogen and oxygen atoms in total. The monoisotopic (exact) mass is 289 g/mol. The standard InChI is InChI=1S/C19H15NO2/c1-14-7-12-18(20-13-14)15-8-10-17(11-9-15)22-19(21)16-5-3-2-4-6-16/h2-13H,1H3. The highest BCUT2D eigenvalue weighted by Crippen LogP contribution is 2.21. The number of esters is 1. The third kappa shape index (κ3) is 3.20. The molecule has 0 spiro atoms. The Morgan fingerprint density at radius 3 is 2.27 bits per heavy atom. The first-order valence-electron chi connectivity index (χ1n) is 7.03. The molecule has 0 bridgehead atoms. The summed E-state index contributed by atoms with van der Waals surface area (Å²) in [6.07, 6.45) is 1.83. The van der Waals surface area contributed by atoms with Crippen LogP contribution in [-0.2, 0) is 0 Å². The van der Waals surface area contributed by atoms with Crippen molar-refractivity contribution in [3.63, 3.8) is 0 Å². The zero-order valence-corrected chi connectivity index (χ0v) is 12.2. The van der Waals surface area contributed by atoms with Crippen molar-refractivity contribution in [2.45, 2.75) is 6.92 Å². The van der Waals surface area contributed by atoms with Crippen LogP contribution in [0.25, 0.3) is 11.3 Å². The van der Waals surface area contributed by atoms with E-state index in [1.807, 2.05) is 55.6 Å². The van der Waals surface area contributed by atoms with Gasteiger partial charge in [-0.15, -0.1) is 0 Å². The van der Waals surface area contributed by atoms with Gasteiger partial charge in [0.25, 0.3) is 0 Å². The van der Waals surface area contributed by atoms with Crippen LogP contribution in [0.3, 0.4) is 0 Å². The molecule has 1 aromatic heterocycles. The first-order valence-corrected chi connectivity index (χ1v) is 7.03. The minimum Gasteiger partial charge on any atom is -0.423 e. The lowest BCUT2D eigenvalue weighted by Gasteiger charge is -2.06. The zero-order valence-electron chi connectivity index (χ0n) is 12.2. The van der Waals surface area contributed by atoms with Crippen molar-refractivity contribution in [2.24, 2.45) is 0 Å². The third-order valence-corrected chi connectivity index (χ3v) is 3.28. The average Bonchev–Trinajstić information content (AvgIpc) is 2.57. The minimum atomic E-state index is -0.359. The predicted octanol–water partition coefficient (Wildman–Crippen LogP) is 4.28. The third-order valence-electron chi connectivity index (χ3n) is 3.28. The van der Waals surface area contributed by atoms with Gasteiger partial charge in [-0.1, -0.05) is 24.3 Å². The van der Waals surface area contributed by atoms with E-state index in [4.69, 9.17) is 4.74 Å². The molecule has 108 valence electrons. The minimum absolute atomic E-state index is 0.359. The van der Waals surface area contributed by atoms with Crippen LogP contribution in [-0.4, -0.2) is 11.0 Å². The number of rotatable bonds is 3. The number of pyridine rings is 1. The first kappa shape index (κ1) is 14.0. The van der Waals surface area contributed by atoms with Crippen molar-refractivity contribution in [1.82, 2.24) is 4.98 Å². The Balaban J connectivity index is 1.74. The summed E-state index contributed by atoms with van der Waals surface area (Å²) in [4.78, 5) is 16.4. The van der Waals surface area contributed by atoms with E-state index in [1.165, 1.54) is 0 Å². The Hall–Kier alpha value is -2.94. The fourth-order valence-electron chi connectivity index (χ4n) is 2.07. The molecule has 3 rings (SSSR count). The summed E-state index contributed by atoms with van der Waals surface area (Å²) in [6.45, 7) is 2.00. The van der Waals surface area contributed by atoms with E-state index >= 15 is 0 Å². The van der Waals surface area contributed by atoms with Crippen molar-refractivity contribution >= 4 is 5.97 Å². The second kappa shape index (κ2) is 6.22. The van der Waals surface area contributed by atoms with Crippen LogP contribution in [0.4, 0.5) is 0 Å². The van der Waals surface area contributed by atoms with Crippen LogP contribution >= 0.6 is 0 Å². The molecular formula is C19H15NO2. The van der Waals surface area contributed by atoms with Crippen LogP contribution in [0.5, 0.6) is 5.75 Å². The van der Waals surface area contributed by atoms with Gasteiger partial charge in [0.2, 0.25) is 0 Å². The molecule has 2 aromatic carbocycles. The summed E-state index contributed by atoms with van der Waals surface area (Å²) in [5.41, 5.74) is 3.54. The van der Waals surface area contributed by atoms with Crippen LogP contribution in [0.15, 0.2) is 72.9 Å². The van der Waals surface area contributed by atoms with Crippen molar-refractivity contribution in [3.05, 3.63) is 84.1 Å². The molecule has 3 aromatic rings. The van der Waals surface area contributed by atoms with Gasteiger partial charge in [-0.25, -0.2) is 4.79 Å². The Kier molecular flexibility index (Phi) is 3.97. The number of aromatic nitrogens is 1. The normalized spacial score (nSPS) is 10.2. The summed E-state index contributed by atoms with van der Waals surface area (Å²) in [7, 11) is 0. The summed E-state index contributed by atoms with van der Waals surface area (Å²) in [5.74, 6) is 0.159. The van der Waals surface area contributed by atoms with E-state index < -0.39 is 0 Å². The van der Waals surface area contributed by atoms with E-state index in [1.54, 1.807) is 24.3 Å². The van der Waals surface area contributed by atoms with Gasteiger partial charge in [0.05, 0.1) is 11.3 Å². The number of hydrogen-bond donors (Lipinski definition) is 0. The molecule has 1 heterocycles. The Labute approximate surface area is 129 Å². The molecule has 0 radical (unpaired) electrons. The maximum absolute atomic E-state index is 12.0. The SMILES string of the molecule is Cc1ccc(-c2ccc(OC(=O)c3ccccc3)cc2)nc1. The van der Waals surface area contributed by atoms with Crippen molar-refractivity contribution < 1.29 is 9.53 Å². The summed E-state index contributed by atoms with van der Waals surface area (Å²) in [6, 6.07) is 20.3. The Morgan fingerprint density at radius 2 is 1.64 bits per heavy atom. The van der Waals surface area contributed by atoms with E-state index in [2.05, 4.69) is 4.98 Å². The van der Waals surface area contributed by atoms with Gasteiger partial charge in [-0.05, 0) is 55.0 Å². The Morgan fingerprint density at radius 1 is 0.909 bits per heavy atom. The first-order chi connectivity index (χ1) is 10.7. The molecule has 0 N–H and O–H groups in total. The molecule has 0 amide bonds. The van der Waals surface area contributed by atoms with Crippen molar-refractivity contribution in [2.75, 3.05) is 0 Å². The van der Waals surface area contributed by atoms with E-state index in [-0.39, 0.29) is 5.97 Å². The summed E-state index contributed by atoms with van der Waals surface area (Å²) < 4.78 is 5.35. The zero-order chi connectivity index (χ0) is 15.4. The number of nitrogens with zero attached hydrogens (tertiary/aromatic N) is 1. The number of aryl methyl sites for hydroxylation is 1. The lowest BCUT2D eigenvalue weighted by molar-refractivity contribution is 0.0735. The van der Waals surface area contributed by atoms with Gasteiger partial charge in [-0.3, -0.25) is 4.98 Å². The van der Waals surface area contributed by atoms with Gasteiger partial charge in [0.15, 0.2) is 0 Å². The molecule has 0 unspecified atom stereocenters. The molecule has 0 saturated heterocycles. The quantitative estimate of drug-likeness (QED) is 0.533. The second-order valence-corrected chi connectivity index (χ2v) is 5.00. The highest BCUT2D eigenvalue weighted by atomic mass is 16.5. The summed E-state index contributed by atoms with van der Waals surface area (Å²) in [5, 5.41) is 0. The van der Waals surface area contributed by atoms with E-state index in [0.717, 1.165) is 16.8 Å². The lowest BCUT2D eigenvalue weighted by Crippen LogP contribution is -2.07. The van der Waals surface area contributed by atoms with E-state index in [9.17, 15) is 4.79 Å². The maximum Gasteiger partial charge on any atom is 0.343 e. The molecule has 0 atom stereocenters. The molecule has 0 fully saturated rings. The van der Waals surface area contributed by atoms with Crippen molar-refractivity contribution in [3.8, 4) is 17.0 Å². The Bertz CT molecular complexity index is 763. The molecule has 3 heteroatoms. The second-order valence-electron chi connectivity index (χ2n) is 5.00. The molecular weight excluding hydrogens is 274 g/mol.